The number of aryl methyl sites for hydroxylation is 1. The maximum atomic E-state index is 12.2. The molecule has 33 heavy (non-hydrogen) atoms. The van der Waals surface area contributed by atoms with Gasteiger partial charge in [-0.05, 0) is 25.1 Å². The summed E-state index contributed by atoms with van der Waals surface area (Å²) in [5.41, 5.74) is 6.50. The van der Waals surface area contributed by atoms with E-state index in [0.717, 1.165) is 18.2 Å². The molecule has 0 bridgehead atoms. The van der Waals surface area contributed by atoms with Gasteiger partial charge < -0.3 is 15.6 Å². The van der Waals surface area contributed by atoms with Crippen molar-refractivity contribution in [1.29, 1.82) is 0 Å². The third kappa shape index (κ3) is 8.76. The minimum atomic E-state index is -5.08. The van der Waals surface area contributed by atoms with E-state index in [1.807, 2.05) is 6.92 Å². The zero-order valence-corrected chi connectivity index (χ0v) is 17.4. The highest BCUT2D eigenvalue weighted by atomic mass is 32.2. The fraction of sp³-hybridized carbons (Fsp3) is 0.235. The molecule has 0 aliphatic rings. The molecule has 0 unspecified atom stereocenters. The van der Waals surface area contributed by atoms with Gasteiger partial charge in [0.15, 0.2) is 0 Å². The number of nitrogens with one attached hydrogen (secondary N) is 1. The summed E-state index contributed by atoms with van der Waals surface area (Å²) in [6.07, 6.45) is -1.37. The number of hydrogen-bond acceptors (Lipinski definition) is 7. The van der Waals surface area contributed by atoms with Crippen LogP contribution >= 0.6 is 0 Å². The summed E-state index contributed by atoms with van der Waals surface area (Å²) in [7, 11) is -4.26. The van der Waals surface area contributed by atoms with Gasteiger partial charge in [-0.15, -0.1) is 0 Å². The molecule has 0 aliphatic heterocycles. The Morgan fingerprint density at radius 2 is 1.94 bits per heavy atom. The van der Waals surface area contributed by atoms with Gasteiger partial charge in [0.25, 0.3) is 15.9 Å². The van der Waals surface area contributed by atoms with Crippen LogP contribution in [0.15, 0.2) is 41.4 Å². The maximum absolute atomic E-state index is 12.2. The molecule has 1 heterocycles. The Bertz CT molecular complexity index is 1120. The first-order chi connectivity index (χ1) is 15.2. The summed E-state index contributed by atoms with van der Waals surface area (Å²) in [5.74, 6) is -4.04. The SMILES string of the molecule is CCn1ncc(N)c1/C=C/C(=O)NS(=O)(=O)c1cccc(OC(F)F)c1.O=C(O)C(F)(F)F. The lowest BCUT2D eigenvalue weighted by Gasteiger charge is -2.08. The van der Waals surface area contributed by atoms with Crippen molar-refractivity contribution in [2.75, 3.05) is 5.73 Å². The van der Waals surface area contributed by atoms with Gasteiger partial charge in [0.05, 0.1) is 22.5 Å². The summed E-state index contributed by atoms with van der Waals surface area (Å²) in [6, 6.07) is 4.41. The first kappa shape index (κ1) is 27.3. The summed E-state index contributed by atoms with van der Waals surface area (Å²) in [6.45, 7) is -0.768. The van der Waals surface area contributed by atoms with Crippen molar-refractivity contribution < 1.29 is 49.8 Å². The van der Waals surface area contributed by atoms with E-state index >= 15 is 0 Å². The number of amides is 1. The van der Waals surface area contributed by atoms with Crippen molar-refractivity contribution in [2.24, 2.45) is 0 Å². The normalized spacial score (nSPS) is 11.7. The number of benzene rings is 1. The largest absolute Gasteiger partial charge is 0.490 e. The van der Waals surface area contributed by atoms with E-state index in [0.29, 0.717) is 17.9 Å². The minimum absolute atomic E-state index is 0.329. The molecule has 1 aromatic heterocycles. The van der Waals surface area contributed by atoms with Gasteiger partial charge in [-0.2, -0.15) is 27.1 Å². The smallest absolute Gasteiger partial charge is 0.475 e. The fourth-order valence-electron chi connectivity index (χ4n) is 2.04. The molecule has 10 nitrogen and oxygen atoms in total. The number of sulfonamides is 1. The predicted octanol–water partition coefficient (Wildman–Crippen LogP) is 2.24. The Labute approximate surface area is 183 Å². The number of halogens is 5. The van der Waals surface area contributed by atoms with Crippen LogP contribution in [0.2, 0.25) is 0 Å². The van der Waals surface area contributed by atoms with Crippen LogP contribution < -0.4 is 15.2 Å². The van der Waals surface area contributed by atoms with Gasteiger partial charge in [-0.25, -0.2) is 17.9 Å². The van der Waals surface area contributed by atoms with Crippen LogP contribution in [-0.4, -0.2) is 48.0 Å². The Hall–Kier alpha value is -3.69. The molecule has 0 saturated heterocycles. The number of nitrogens with two attached hydrogens (primary N) is 1. The second kappa shape index (κ2) is 11.3. The summed E-state index contributed by atoms with van der Waals surface area (Å²) in [4.78, 5) is 20.4. The summed E-state index contributed by atoms with van der Waals surface area (Å²) < 4.78 is 88.0. The molecule has 0 saturated carbocycles. The average Bonchev–Trinajstić information content (AvgIpc) is 3.05. The molecule has 1 aromatic carbocycles. The number of aliphatic carboxylic acids is 1. The van der Waals surface area contributed by atoms with Crippen LogP contribution in [0.4, 0.5) is 27.6 Å². The standard InChI is InChI=1S/C15H16F2N4O4S.C2HF3O2/c1-2-21-13(12(18)9-19-21)6-7-14(22)20-26(23,24)11-5-3-4-10(8-11)25-15(16)17;3-2(4,5)1(6)7/h3-9,15H,2,18H2,1H3,(H,20,22);(H,6,7)/b7-6+;. The number of aromatic nitrogens is 2. The topological polar surface area (TPSA) is 154 Å². The van der Waals surface area contributed by atoms with Crippen molar-refractivity contribution in [3.63, 3.8) is 0 Å². The molecule has 182 valence electrons. The molecule has 0 atom stereocenters. The molecule has 0 fully saturated rings. The van der Waals surface area contributed by atoms with Gasteiger partial charge in [0.2, 0.25) is 0 Å². The van der Waals surface area contributed by atoms with Gasteiger partial charge in [-0.1, -0.05) is 6.07 Å². The van der Waals surface area contributed by atoms with Gasteiger partial charge in [0.1, 0.15) is 5.75 Å². The first-order valence-corrected chi connectivity index (χ1v) is 10.1. The maximum Gasteiger partial charge on any atom is 0.490 e. The van der Waals surface area contributed by atoms with Crippen LogP contribution in [0.1, 0.15) is 12.6 Å². The van der Waals surface area contributed by atoms with E-state index in [-0.39, 0.29) is 5.75 Å². The molecule has 2 rings (SSSR count). The molecule has 16 heteroatoms. The van der Waals surface area contributed by atoms with Crippen molar-refractivity contribution in [3.8, 4) is 5.75 Å². The molecule has 4 N–H and O–H groups in total. The van der Waals surface area contributed by atoms with Crippen molar-refractivity contribution in [1.82, 2.24) is 14.5 Å². The van der Waals surface area contributed by atoms with E-state index in [9.17, 15) is 35.2 Å². The average molecular weight is 500 g/mol. The Balaban J connectivity index is 0.000000675. The second-order valence-electron chi connectivity index (χ2n) is 5.76. The highest BCUT2D eigenvalue weighted by Gasteiger charge is 2.38. The minimum Gasteiger partial charge on any atom is -0.475 e. The first-order valence-electron chi connectivity index (χ1n) is 8.58. The molecular formula is C17H17F5N4O6S. The summed E-state index contributed by atoms with van der Waals surface area (Å²) >= 11 is 0. The molecule has 2 aromatic rings. The zero-order valence-electron chi connectivity index (χ0n) is 16.6. The van der Waals surface area contributed by atoms with Crippen LogP contribution in [0, 0.1) is 0 Å². The van der Waals surface area contributed by atoms with Crippen LogP contribution in [0.5, 0.6) is 5.75 Å². The van der Waals surface area contributed by atoms with E-state index < -0.39 is 39.6 Å². The Morgan fingerprint density at radius 1 is 1.33 bits per heavy atom. The van der Waals surface area contributed by atoms with Crippen molar-refractivity contribution in [2.45, 2.75) is 31.2 Å². The quantitative estimate of drug-likeness (QED) is 0.386. The Kier molecular flexibility index (Phi) is 9.33. The number of anilines is 1. The molecule has 0 spiro atoms. The lowest BCUT2D eigenvalue weighted by Crippen LogP contribution is -2.29. The van der Waals surface area contributed by atoms with Crippen molar-refractivity contribution in [3.05, 3.63) is 42.2 Å². The van der Waals surface area contributed by atoms with Gasteiger partial charge in [-0.3, -0.25) is 9.48 Å². The molecule has 0 radical (unpaired) electrons. The molecular weight excluding hydrogens is 483 g/mol. The number of nitrogen functional groups attached to an aromatic ring is 1. The number of alkyl halides is 5. The third-order valence-electron chi connectivity index (χ3n) is 3.42. The second-order valence-corrected chi connectivity index (χ2v) is 7.44. The monoisotopic (exact) mass is 500 g/mol. The number of ether oxygens (including phenoxy) is 1. The number of carbonyl (C=O) groups excluding carboxylic acids is 1. The predicted molar refractivity (Wildman–Crippen MR) is 103 cm³/mol. The third-order valence-corrected chi connectivity index (χ3v) is 4.77. The number of carboxylic acid groups (broad SMARTS) is 1. The van der Waals surface area contributed by atoms with E-state index in [1.165, 1.54) is 29.1 Å². The molecule has 1 amide bonds. The van der Waals surface area contributed by atoms with E-state index in [4.69, 9.17) is 15.6 Å². The van der Waals surface area contributed by atoms with Crippen LogP contribution in [-0.2, 0) is 26.2 Å². The number of carboxylic acids is 1. The number of nitrogens with zero attached hydrogens (tertiary/aromatic N) is 2. The summed E-state index contributed by atoms with van der Waals surface area (Å²) in [5, 5.41) is 11.1. The van der Waals surface area contributed by atoms with Gasteiger partial charge >= 0.3 is 18.8 Å². The number of hydrogen-bond donors (Lipinski definition) is 3. The zero-order chi connectivity index (χ0) is 25.4. The fourth-order valence-corrected chi connectivity index (χ4v) is 3.02. The lowest BCUT2D eigenvalue weighted by molar-refractivity contribution is -0.192. The van der Waals surface area contributed by atoms with Gasteiger partial charge in [0, 0.05) is 18.7 Å². The van der Waals surface area contributed by atoms with E-state index in [2.05, 4.69) is 9.84 Å². The number of rotatable bonds is 7. The van der Waals surface area contributed by atoms with Crippen molar-refractivity contribution >= 4 is 33.7 Å². The highest BCUT2D eigenvalue weighted by molar-refractivity contribution is 7.90. The number of carbonyl (C=O) groups is 2. The molecule has 0 aliphatic carbocycles. The highest BCUT2D eigenvalue weighted by Crippen LogP contribution is 2.19. The van der Waals surface area contributed by atoms with Crippen LogP contribution in [0.3, 0.4) is 0 Å². The lowest BCUT2D eigenvalue weighted by atomic mass is 10.3. The van der Waals surface area contributed by atoms with E-state index in [1.54, 1.807) is 4.72 Å². The van der Waals surface area contributed by atoms with Crippen LogP contribution in [0.25, 0.3) is 6.08 Å². The Morgan fingerprint density at radius 3 is 2.45 bits per heavy atom.